The van der Waals surface area contributed by atoms with E-state index in [1.807, 2.05) is 11.7 Å². The Bertz CT molecular complexity index is 412. The average Bonchev–Trinajstić information content (AvgIpc) is 2.71. The van der Waals surface area contributed by atoms with Gasteiger partial charge in [0.1, 0.15) is 0 Å². The molecular formula is C14H27ClN4. The highest BCUT2D eigenvalue weighted by atomic mass is 35.5. The molecule has 2 N–H and O–H groups in total. The fraction of sp³-hybridized carbons (Fsp3) is 0.786. The molecule has 4 nitrogen and oxygen atoms in total. The first-order valence-corrected chi connectivity index (χ1v) is 6.78. The van der Waals surface area contributed by atoms with E-state index in [9.17, 15) is 0 Å². The highest BCUT2D eigenvalue weighted by Gasteiger charge is 2.29. The molecule has 110 valence electrons. The maximum Gasteiger partial charge on any atom is 0.0722 e. The van der Waals surface area contributed by atoms with Crippen LogP contribution in [0.1, 0.15) is 39.0 Å². The molecule has 1 aliphatic rings. The molecule has 0 bridgehead atoms. The van der Waals surface area contributed by atoms with Gasteiger partial charge in [-0.1, -0.05) is 27.7 Å². The number of rotatable bonds is 2. The second kappa shape index (κ2) is 5.81. The molecule has 1 saturated heterocycles. The summed E-state index contributed by atoms with van der Waals surface area (Å²) in [6, 6.07) is 0.319. The zero-order valence-electron chi connectivity index (χ0n) is 12.7. The van der Waals surface area contributed by atoms with Gasteiger partial charge in [0.2, 0.25) is 0 Å². The zero-order chi connectivity index (χ0) is 13.5. The molecule has 19 heavy (non-hydrogen) atoms. The number of nitrogens with two attached hydrogens (primary N) is 1. The highest BCUT2D eigenvalue weighted by molar-refractivity contribution is 5.85. The van der Waals surface area contributed by atoms with Crippen molar-refractivity contribution in [3.8, 4) is 0 Å². The van der Waals surface area contributed by atoms with Gasteiger partial charge in [0.25, 0.3) is 0 Å². The lowest BCUT2D eigenvalue weighted by Gasteiger charge is -2.20. The minimum absolute atomic E-state index is 0. The lowest BCUT2D eigenvalue weighted by atomic mass is 9.89. The maximum atomic E-state index is 6.09. The minimum Gasteiger partial charge on any atom is -0.326 e. The third-order valence-electron chi connectivity index (χ3n) is 3.76. The van der Waals surface area contributed by atoms with Crippen LogP contribution < -0.4 is 5.73 Å². The predicted octanol–water partition coefficient (Wildman–Crippen LogP) is 1.92. The van der Waals surface area contributed by atoms with Crippen molar-refractivity contribution in [2.45, 2.75) is 45.7 Å². The van der Waals surface area contributed by atoms with Crippen molar-refractivity contribution in [3.63, 3.8) is 0 Å². The Morgan fingerprint density at radius 3 is 2.47 bits per heavy atom. The fourth-order valence-corrected chi connectivity index (χ4v) is 2.75. The van der Waals surface area contributed by atoms with Gasteiger partial charge < -0.3 is 5.73 Å². The van der Waals surface area contributed by atoms with E-state index in [1.165, 1.54) is 11.3 Å². The third-order valence-corrected chi connectivity index (χ3v) is 3.76. The Hall–Kier alpha value is -0.580. The van der Waals surface area contributed by atoms with Gasteiger partial charge in [0.05, 0.1) is 5.69 Å². The van der Waals surface area contributed by atoms with Crippen LogP contribution in [0.5, 0.6) is 0 Å². The smallest absolute Gasteiger partial charge is 0.0722 e. The molecule has 2 unspecified atom stereocenters. The molecule has 1 aromatic rings. The molecule has 0 radical (unpaired) electrons. The van der Waals surface area contributed by atoms with Crippen LogP contribution in [0.15, 0.2) is 6.20 Å². The normalized spacial score (nSPS) is 24.5. The van der Waals surface area contributed by atoms with E-state index in [0.717, 1.165) is 19.6 Å². The molecule has 2 atom stereocenters. The molecule has 0 aromatic carbocycles. The summed E-state index contributed by atoms with van der Waals surface area (Å²) >= 11 is 0. The quantitative estimate of drug-likeness (QED) is 0.904. The van der Waals surface area contributed by atoms with E-state index >= 15 is 0 Å². The van der Waals surface area contributed by atoms with Gasteiger partial charge in [0, 0.05) is 49.9 Å². The van der Waals surface area contributed by atoms with Crippen LogP contribution in [0.3, 0.4) is 0 Å². The summed E-state index contributed by atoms with van der Waals surface area (Å²) in [5.74, 6) is 0.597. The lowest BCUT2D eigenvalue weighted by Crippen LogP contribution is -2.28. The van der Waals surface area contributed by atoms with E-state index in [1.54, 1.807) is 0 Å². The van der Waals surface area contributed by atoms with Gasteiger partial charge in [-0.2, -0.15) is 5.10 Å². The summed E-state index contributed by atoms with van der Waals surface area (Å²) in [6.45, 7) is 12.0. The number of hydrogen-bond acceptors (Lipinski definition) is 3. The van der Waals surface area contributed by atoms with Gasteiger partial charge in [-0.15, -0.1) is 12.4 Å². The van der Waals surface area contributed by atoms with Crippen molar-refractivity contribution in [2.75, 3.05) is 13.1 Å². The Morgan fingerprint density at radius 1 is 1.37 bits per heavy atom. The first-order valence-electron chi connectivity index (χ1n) is 6.78. The van der Waals surface area contributed by atoms with Crippen LogP contribution in [0.2, 0.25) is 0 Å². The molecule has 1 aliphatic heterocycles. The Morgan fingerprint density at radius 2 is 2.00 bits per heavy atom. The summed E-state index contributed by atoms with van der Waals surface area (Å²) in [4.78, 5) is 2.45. The largest absolute Gasteiger partial charge is 0.326 e. The Balaban J connectivity index is 0.00000180. The summed E-state index contributed by atoms with van der Waals surface area (Å²) < 4.78 is 1.93. The van der Waals surface area contributed by atoms with Crippen LogP contribution in [0, 0.1) is 5.92 Å². The first-order chi connectivity index (χ1) is 8.27. The molecular weight excluding hydrogens is 260 g/mol. The van der Waals surface area contributed by atoms with Gasteiger partial charge in [0.15, 0.2) is 0 Å². The standard InChI is InChI=1S/C14H26N4.ClH/c1-10-6-18(9-12(10)15)8-11-7-17(5)16-13(11)14(2,3)4;/h7,10,12H,6,8-9,15H2,1-5H3;1H. The number of nitrogens with zero attached hydrogens (tertiary/aromatic N) is 3. The molecule has 0 spiro atoms. The number of aromatic nitrogens is 2. The zero-order valence-corrected chi connectivity index (χ0v) is 13.5. The molecule has 0 amide bonds. The van der Waals surface area contributed by atoms with Crippen LogP contribution >= 0.6 is 12.4 Å². The first kappa shape index (κ1) is 16.5. The van der Waals surface area contributed by atoms with E-state index in [-0.39, 0.29) is 17.8 Å². The molecule has 1 aromatic heterocycles. The second-order valence-electron chi connectivity index (χ2n) is 6.76. The van der Waals surface area contributed by atoms with Gasteiger partial charge in [-0.05, 0) is 5.92 Å². The highest BCUT2D eigenvalue weighted by Crippen LogP contribution is 2.26. The van der Waals surface area contributed by atoms with Crippen molar-refractivity contribution in [1.29, 1.82) is 0 Å². The second-order valence-corrected chi connectivity index (χ2v) is 6.76. The van der Waals surface area contributed by atoms with E-state index < -0.39 is 0 Å². The van der Waals surface area contributed by atoms with Crippen molar-refractivity contribution in [3.05, 3.63) is 17.5 Å². The minimum atomic E-state index is 0. The lowest BCUT2D eigenvalue weighted by molar-refractivity contribution is 0.316. The summed E-state index contributed by atoms with van der Waals surface area (Å²) in [5, 5.41) is 4.62. The van der Waals surface area contributed by atoms with Crippen LogP contribution in [0.4, 0.5) is 0 Å². The topological polar surface area (TPSA) is 47.1 Å². The molecule has 2 rings (SSSR count). The molecule has 1 fully saturated rings. The summed E-state index contributed by atoms with van der Waals surface area (Å²) in [6.07, 6.45) is 2.15. The summed E-state index contributed by atoms with van der Waals surface area (Å²) in [7, 11) is 2.00. The van der Waals surface area contributed by atoms with Crippen molar-refractivity contribution in [2.24, 2.45) is 18.7 Å². The number of likely N-dealkylation sites (tertiary alicyclic amines) is 1. The fourth-order valence-electron chi connectivity index (χ4n) is 2.75. The Kier molecular flexibility index (Phi) is 5.04. The number of halogens is 1. The summed E-state index contributed by atoms with van der Waals surface area (Å²) in [5.41, 5.74) is 8.74. The van der Waals surface area contributed by atoms with Crippen LogP contribution in [0.25, 0.3) is 0 Å². The monoisotopic (exact) mass is 286 g/mol. The SMILES string of the molecule is CC1CN(Cc2cn(C)nc2C(C)(C)C)CC1N.Cl. The predicted molar refractivity (Wildman–Crippen MR) is 81.6 cm³/mol. The van der Waals surface area contributed by atoms with Gasteiger partial charge in [-0.25, -0.2) is 0 Å². The van der Waals surface area contributed by atoms with Crippen LogP contribution in [-0.4, -0.2) is 33.8 Å². The van der Waals surface area contributed by atoms with E-state index in [0.29, 0.717) is 12.0 Å². The van der Waals surface area contributed by atoms with Gasteiger partial charge >= 0.3 is 0 Å². The number of aryl methyl sites for hydroxylation is 1. The van der Waals surface area contributed by atoms with Crippen LogP contribution in [-0.2, 0) is 19.0 Å². The molecule has 0 saturated carbocycles. The Labute approximate surface area is 122 Å². The molecule has 5 heteroatoms. The van der Waals surface area contributed by atoms with E-state index in [4.69, 9.17) is 5.73 Å². The van der Waals surface area contributed by atoms with Gasteiger partial charge in [-0.3, -0.25) is 9.58 Å². The maximum absolute atomic E-state index is 6.09. The molecule has 0 aliphatic carbocycles. The van der Waals surface area contributed by atoms with Crippen molar-refractivity contribution < 1.29 is 0 Å². The number of hydrogen-bond donors (Lipinski definition) is 1. The van der Waals surface area contributed by atoms with Crippen molar-refractivity contribution in [1.82, 2.24) is 14.7 Å². The van der Waals surface area contributed by atoms with Crippen molar-refractivity contribution >= 4 is 12.4 Å². The molecule has 2 heterocycles. The van der Waals surface area contributed by atoms with E-state index in [2.05, 4.69) is 43.9 Å². The third kappa shape index (κ3) is 3.71. The average molecular weight is 287 g/mol.